The fourth-order valence-electron chi connectivity index (χ4n) is 2.84. The van der Waals surface area contributed by atoms with Gasteiger partial charge in [0.15, 0.2) is 0 Å². The van der Waals surface area contributed by atoms with Crippen LogP contribution in [0.3, 0.4) is 0 Å². The summed E-state index contributed by atoms with van der Waals surface area (Å²) in [6.07, 6.45) is 2.24. The van der Waals surface area contributed by atoms with Gasteiger partial charge in [-0.2, -0.15) is 0 Å². The molecule has 0 aliphatic carbocycles. The number of methoxy groups -OCH3 is 1. The van der Waals surface area contributed by atoms with Crippen molar-refractivity contribution in [2.45, 2.75) is 62.4 Å². The summed E-state index contributed by atoms with van der Waals surface area (Å²) in [6.45, 7) is 4.13. The van der Waals surface area contributed by atoms with Crippen LogP contribution in [0.5, 0.6) is 0 Å². The number of hydrogen-bond acceptors (Lipinski definition) is 6. The predicted octanol–water partition coefficient (Wildman–Crippen LogP) is 2.68. The Morgan fingerprint density at radius 2 is 2.05 bits per heavy atom. The first kappa shape index (κ1) is 17.4. The van der Waals surface area contributed by atoms with Crippen molar-refractivity contribution in [2.24, 2.45) is 5.41 Å². The Labute approximate surface area is 135 Å². The minimum Gasteiger partial charge on any atom is -0.469 e. The van der Waals surface area contributed by atoms with Crippen LogP contribution < -0.4 is 0 Å². The third-order valence-electron chi connectivity index (χ3n) is 4.46. The number of carbonyl (C=O) groups excluding carboxylic acids is 1. The zero-order chi connectivity index (χ0) is 15.5. The molecule has 2 heterocycles. The second-order valence-electron chi connectivity index (χ2n) is 6.36. The molecular formula is C15H26O4S2. The highest BCUT2D eigenvalue weighted by atomic mass is 32.2. The van der Waals surface area contributed by atoms with Crippen molar-refractivity contribution in [3.63, 3.8) is 0 Å². The Kier molecular flexibility index (Phi) is 6.29. The SMILES string of the molecule is COC(=O)C[C@@H]1C[C@@H](O)C(C)(C)[C@@H](CC2SCCCS2)O1. The lowest BCUT2D eigenvalue weighted by Crippen LogP contribution is -2.51. The standard InChI is InChI=1S/C15H26O4S2/c1-15(2)11(16)7-10(8-13(17)18-3)19-12(15)9-14-20-5-4-6-21-14/h10-12,14,16H,4-9H2,1-3H3/t10-,11+,12+/m0/s1. The molecule has 0 radical (unpaired) electrons. The fraction of sp³-hybridized carbons (Fsp3) is 0.933. The highest BCUT2D eigenvalue weighted by molar-refractivity contribution is 8.17. The molecule has 2 aliphatic heterocycles. The normalized spacial score (nSPS) is 33.6. The van der Waals surface area contributed by atoms with Gasteiger partial charge in [-0.1, -0.05) is 13.8 Å². The molecule has 0 aromatic carbocycles. The Bertz CT molecular complexity index is 356. The number of hydrogen-bond donors (Lipinski definition) is 1. The third-order valence-corrected chi connectivity index (χ3v) is 7.45. The Hall–Kier alpha value is 0.0900. The van der Waals surface area contributed by atoms with Crippen LogP contribution in [0, 0.1) is 5.41 Å². The maximum Gasteiger partial charge on any atom is 0.308 e. The summed E-state index contributed by atoms with van der Waals surface area (Å²) in [4.78, 5) is 11.5. The van der Waals surface area contributed by atoms with E-state index >= 15 is 0 Å². The van der Waals surface area contributed by atoms with E-state index in [1.165, 1.54) is 25.0 Å². The number of thioether (sulfide) groups is 2. The van der Waals surface area contributed by atoms with Gasteiger partial charge in [0.05, 0.1) is 36.4 Å². The van der Waals surface area contributed by atoms with E-state index in [2.05, 4.69) is 13.8 Å². The molecule has 2 fully saturated rings. The smallest absolute Gasteiger partial charge is 0.308 e. The quantitative estimate of drug-likeness (QED) is 0.798. The van der Waals surface area contributed by atoms with Gasteiger partial charge in [0.2, 0.25) is 0 Å². The highest BCUT2D eigenvalue weighted by Crippen LogP contribution is 2.43. The first-order valence-corrected chi connectivity index (χ1v) is 9.66. The molecule has 21 heavy (non-hydrogen) atoms. The van der Waals surface area contributed by atoms with Crippen LogP contribution in [0.4, 0.5) is 0 Å². The van der Waals surface area contributed by atoms with Crippen molar-refractivity contribution < 1.29 is 19.4 Å². The molecule has 2 saturated heterocycles. The van der Waals surface area contributed by atoms with Crippen LogP contribution in [0.15, 0.2) is 0 Å². The molecule has 2 rings (SSSR count). The van der Waals surface area contributed by atoms with E-state index in [4.69, 9.17) is 9.47 Å². The van der Waals surface area contributed by atoms with Crippen LogP contribution >= 0.6 is 23.5 Å². The first-order chi connectivity index (χ1) is 9.93. The predicted molar refractivity (Wildman–Crippen MR) is 87.6 cm³/mol. The number of ether oxygens (including phenoxy) is 2. The maximum absolute atomic E-state index is 11.5. The molecule has 0 saturated carbocycles. The number of rotatable bonds is 4. The van der Waals surface area contributed by atoms with Gasteiger partial charge in [0.25, 0.3) is 0 Å². The summed E-state index contributed by atoms with van der Waals surface area (Å²) in [5.74, 6) is 2.14. The summed E-state index contributed by atoms with van der Waals surface area (Å²) < 4.78 is 11.4. The third kappa shape index (κ3) is 4.53. The van der Waals surface area contributed by atoms with Crippen LogP contribution in [-0.4, -0.2) is 52.6 Å². The van der Waals surface area contributed by atoms with Crippen molar-refractivity contribution in [1.82, 2.24) is 0 Å². The van der Waals surface area contributed by atoms with E-state index in [1.807, 2.05) is 23.5 Å². The van der Waals surface area contributed by atoms with Crippen molar-refractivity contribution in [2.75, 3.05) is 18.6 Å². The lowest BCUT2D eigenvalue weighted by molar-refractivity contribution is -0.182. The summed E-state index contributed by atoms with van der Waals surface area (Å²) in [6, 6.07) is 0. The van der Waals surface area contributed by atoms with Crippen molar-refractivity contribution >= 4 is 29.5 Å². The molecule has 2 aliphatic rings. The molecule has 122 valence electrons. The Morgan fingerprint density at radius 3 is 2.67 bits per heavy atom. The number of carbonyl (C=O) groups is 1. The molecule has 3 atom stereocenters. The second-order valence-corrected chi connectivity index (χ2v) is 9.28. The van der Waals surface area contributed by atoms with Gasteiger partial charge in [-0.15, -0.1) is 23.5 Å². The van der Waals surface area contributed by atoms with Gasteiger partial charge >= 0.3 is 5.97 Å². The lowest BCUT2D eigenvalue weighted by Gasteiger charge is -2.46. The summed E-state index contributed by atoms with van der Waals surface area (Å²) in [7, 11) is 1.39. The van der Waals surface area contributed by atoms with Crippen LogP contribution in [0.1, 0.15) is 39.5 Å². The maximum atomic E-state index is 11.5. The first-order valence-electron chi connectivity index (χ1n) is 7.57. The minimum atomic E-state index is -0.440. The van der Waals surface area contributed by atoms with Gasteiger partial charge in [0.1, 0.15) is 0 Å². The molecule has 0 spiro atoms. The number of esters is 1. The Morgan fingerprint density at radius 1 is 1.38 bits per heavy atom. The molecule has 0 bridgehead atoms. The molecular weight excluding hydrogens is 308 g/mol. The highest BCUT2D eigenvalue weighted by Gasteiger charge is 2.45. The van der Waals surface area contributed by atoms with Crippen LogP contribution in [-0.2, 0) is 14.3 Å². The molecule has 4 nitrogen and oxygen atoms in total. The van der Waals surface area contributed by atoms with Gasteiger partial charge in [-0.3, -0.25) is 4.79 Å². The van der Waals surface area contributed by atoms with Crippen molar-refractivity contribution in [3.05, 3.63) is 0 Å². The van der Waals surface area contributed by atoms with E-state index in [0.29, 0.717) is 11.0 Å². The largest absolute Gasteiger partial charge is 0.469 e. The van der Waals surface area contributed by atoms with Gasteiger partial charge in [-0.05, 0) is 24.3 Å². The number of aliphatic hydroxyl groups is 1. The molecule has 1 N–H and O–H groups in total. The monoisotopic (exact) mass is 334 g/mol. The Balaban J connectivity index is 1.98. The second kappa shape index (κ2) is 7.57. The summed E-state index contributed by atoms with van der Waals surface area (Å²) >= 11 is 3.98. The number of aliphatic hydroxyl groups excluding tert-OH is 1. The van der Waals surface area contributed by atoms with E-state index in [0.717, 1.165) is 6.42 Å². The molecule has 0 aromatic heterocycles. The van der Waals surface area contributed by atoms with Gasteiger partial charge < -0.3 is 14.6 Å². The van der Waals surface area contributed by atoms with E-state index < -0.39 is 6.10 Å². The van der Waals surface area contributed by atoms with E-state index in [9.17, 15) is 9.90 Å². The van der Waals surface area contributed by atoms with E-state index in [1.54, 1.807) is 0 Å². The molecule has 0 amide bonds. The summed E-state index contributed by atoms with van der Waals surface area (Å²) in [5.41, 5.74) is -0.273. The summed E-state index contributed by atoms with van der Waals surface area (Å²) in [5, 5.41) is 10.4. The van der Waals surface area contributed by atoms with E-state index in [-0.39, 0.29) is 30.0 Å². The molecule has 0 unspecified atom stereocenters. The fourth-order valence-corrected chi connectivity index (χ4v) is 5.75. The zero-order valence-electron chi connectivity index (χ0n) is 13.0. The van der Waals surface area contributed by atoms with Gasteiger partial charge in [-0.25, -0.2) is 0 Å². The molecule has 0 aromatic rings. The van der Waals surface area contributed by atoms with Gasteiger partial charge in [0, 0.05) is 11.8 Å². The molecule has 6 heteroatoms. The van der Waals surface area contributed by atoms with Crippen molar-refractivity contribution in [3.8, 4) is 0 Å². The van der Waals surface area contributed by atoms with Crippen LogP contribution in [0.2, 0.25) is 0 Å². The minimum absolute atomic E-state index is 0.0148. The average molecular weight is 335 g/mol. The van der Waals surface area contributed by atoms with Crippen molar-refractivity contribution in [1.29, 1.82) is 0 Å². The zero-order valence-corrected chi connectivity index (χ0v) is 14.7. The topological polar surface area (TPSA) is 55.8 Å². The lowest BCUT2D eigenvalue weighted by atomic mass is 9.75. The van der Waals surface area contributed by atoms with Crippen LogP contribution in [0.25, 0.3) is 0 Å². The average Bonchev–Trinajstić information content (AvgIpc) is 2.45.